The molecular weight excluding hydrogens is 570 g/mol. The highest BCUT2D eigenvalue weighted by atomic mass is 35.5. The maximum Gasteiger partial charge on any atom is 0.407 e. The molecule has 0 aromatic heterocycles. The molecule has 0 bridgehead atoms. The van der Waals surface area contributed by atoms with Crippen molar-refractivity contribution in [3.63, 3.8) is 0 Å². The second-order valence-electron chi connectivity index (χ2n) is 10.2. The lowest BCUT2D eigenvalue weighted by atomic mass is 9.85. The fourth-order valence-electron chi connectivity index (χ4n) is 5.41. The molecule has 42 heavy (non-hydrogen) atoms. The molecule has 3 aromatic rings. The zero-order valence-corrected chi connectivity index (χ0v) is 23.6. The summed E-state index contributed by atoms with van der Waals surface area (Å²) < 4.78 is 54.6. The fraction of sp³-hybridized carbons (Fsp3) is 0.355. The minimum atomic E-state index is -1.27. The maximum absolute atomic E-state index is 16.1. The van der Waals surface area contributed by atoms with Crippen LogP contribution >= 0.6 is 11.6 Å². The van der Waals surface area contributed by atoms with Gasteiger partial charge in [0.1, 0.15) is 18.2 Å². The number of nitriles is 1. The van der Waals surface area contributed by atoms with Crippen LogP contribution in [0.25, 0.3) is 11.1 Å². The van der Waals surface area contributed by atoms with Crippen molar-refractivity contribution in [2.45, 2.75) is 37.6 Å². The largest absolute Gasteiger partial charge is 0.488 e. The summed E-state index contributed by atoms with van der Waals surface area (Å²) in [5.41, 5.74) is -0.647. The predicted octanol–water partition coefficient (Wildman–Crippen LogP) is 6.52. The molecule has 2 atom stereocenters. The molecule has 220 valence electrons. The van der Waals surface area contributed by atoms with E-state index in [2.05, 4.69) is 0 Å². The van der Waals surface area contributed by atoms with Crippen LogP contribution in [-0.4, -0.2) is 55.8 Å². The molecule has 0 aliphatic carbocycles. The third kappa shape index (κ3) is 5.86. The van der Waals surface area contributed by atoms with Crippen molar-refractivity contribution in [2.24, 2.45) is 0 Å². The van der Waals surface area contributed by atoms with Crippen LogP contribution in [-0.2, 0) is 21.5 Å². The van der Waals surface area contributed by atoms with Gasteiger partial charge in [-0.3, -0.25) is 0 Å². The summed E-state index contributed by atoms with van der Waals surface area (Å²) in [5.74, 6) is -1.86. The van der Waals surface area contributed by atoms with Crippen LogP contribution in [0.5, 0.6) is 11.5 Å². The van der Waals surface area contributed by atoms with Gasteiger partial charge in [-0.05, 0) is 37.0 Å². The fourth-order valence-corrected chi connectivity index (χ4v) is 5.68. The average molecular weight is 599 g/mol. The Morgan fingerprint density at radius 1 is 1.19 bits per heavy atom. The minimum absolute atomic E-state index is 0.0128. The standard InChI is InChI=1S/C31H29ClF2N2O6/c1-36(30(37)38)18-31(20-7-3-2-4-8-20)16-21-24(42-31)15-22(33)28(32)27(21)26-19(17-35)10-11-23(29(26)34)39-13-14-41-25-9-5-6-12-40-25/h2-4,7-8,10-11,15,25H,5-6,9,12-14,16,18H2,1H3,(H,37,38)/t25?,31-/m1/s1. The van der Waals surface area contributed by atoms with Crippen LogP contribution in [0.2, 0.25) is 5.02 Å². The summed E-state index contributed by atoms with van der Waals surface area (Å²) in [5, 5.41) is 19.1. The van der Waals surface area contributed by atoms with E-state index < -0.39 is 28.4 Å². The summed E-state index contributed by atoms with van der Waals surface area (Å²) in [7, 11) is 1.40. The van der Waals surface area contributed by atoms with Gasteiger partial charge in [0.2, 0.25) is 0 Å². The van der Waals surface area contributed by atoms with Crippen LogP contribution in [0.4, 0.5) is 13.6 Å². The molecule has 2 aliphatic heterocycles. The number of likely N-dealkylation sites (N-methyl/N-ethyl adjacent to an activating group) is 1. The lowest BCUT2D eigenvalue weighted by Crippen LogP contribution is -2.44. The van der Waals surface area contributed by atoms with E-state index >= 15 is 8.78 Å². The Morgan fingerprint density at radius 3 is 2.67 bits per heavy atom. The first-order valence-corrected chi connectivity index (χ1v) is 13.9. The van der Waals surface area contributed by atoms with E-state index in [1.165, 1.54) is 19.2 Å². The Hall–Kier alpha value is -3.91. The smallest absolute Gasteiger partial charge is 0.407 e. The van der Waals surface area contributed by atoms with Crippen molar-refractivity contribution in [1.29, 1.82) is 5.26 Å². The average Bonchev–Trinajstić information content (AvgIpc) is 3.36. The zero-order valence-electron chi connectivity index (χ0n) is 22.9. The van der Waals surface area contributed by atoms with Crippen molar-refractivity contribution in [1.82, 2.24) is 4.90 Å². The number of nitrogens with zero attached hydrogens (tertiary/aromatic N) is 2. The quantitative estimate of drug-likeness (QED) is 0.280. The van der Waals surface area contributed by atoms with Gasteiger partial charge in [-0.1, -0.05) is 41.9 Å². The van der Waals surface area contributed by atoms with Crippen molar-refractivity contribution in [3.05, 3.63) is 81.9 Å². The molecule has 0 radical (unpaired) electrons. The number of carboxylic acid groups (broad SMARTS) is 1. The monoisotopic (exact) mass is 598 g/mol. The van der Waals surface area contributed by atoms with Gasteiger partial charge in [-0.2, -0.15) is 5.26 Å². The van der Waals surface area contributed by atoms with Crippen LogP contribution in [0, 0.1) is 23.0 Å². The lowest BCUT2D eigenvalue weighted by Gasteiger charge is -2.32. The molecule has 0 saturated carbocycles. The SMILES string of the molecule is CN(C[C@@]1(c2ccccc2)Cc2c(cc(F)c(Cl)c2-c2c(C#N)ccc(OCCOC3CCCCO3)c2F)O1)C(=O)O. The second kappa shape index (κ2) is 12.5. The number of ether oxygens (including phenoxy) is 4. The highest BCUT2D eigenvalue weighted by Gasteiger charge is 2.45. The van der Waals surface area contributed by atoms with Gasteiger partial charge in [0.25, 0.3) is 0 Å². The summed E-state index contributed by atoms with van der Waals surface area (Å²) in [4.78, 5) is 12.8. The lowest BCUT2D eigenvalue weighted by molar-refractivity contribution is -0.165. The Morgan fingerprint density at radius 2 is 1.98 bits per heavy atom. The van der Waals surface area contributed by atoms with Crippen LogP contribution in [0.1, 0.15) is 36.0 Å². The molecule has 8 nitrogen and oxygen atoms in total. The Bertz CT molecular complexity index is 1510. The first kappa shape index (κ1) is 29.6. The van der Waals surface area contributed by atoms with E-state index in [1.54, 1.807) is 30.3 Å². The molecule has 2 aliphatic rings. The molecule has 5 rings (SSSR count). The number of rotatable bonds is 9. The van der Waals surface area contributed by atoms with Crippen LogP contribution < -0.4 is 9.47 Å². The van der Waals surface area contributed by atoms with Gasteiger partial charge in [0.05, 0.1) is 29.8 Å². The number of carbonyl (C=O) groups is 1. The van der Waals surface area contributed by atoms with Crippen molar-refractivity contribution in [2.75, 3.05) is 33.4 Å². The minimum Gasteiger partial charge on any atom is -0.488 e. The van der Waals surface area contributed by atoms with Gasteiger partial charge < -0.3 is 29.0 Å². The molecule has 0 spiro atoms. The van der Waals surface area contributed by atoms with Crippen LogP contribution in [0.3, 0.4) is 0 Å². The molecule has 3 aromatic carbocycles. The number of hydrogen-bond acceptors (Lipinski definition) is 6. The summed E-state index contributed by atoms with van der Waals surface area (Å²) in [6, 6.07) is 14.7. The topological polar surface area (TPSA) is 101 Å². The van der Waals surface area contributed by atoms with Gasteiger partial charge in [0.15, 0.2) is 23.5 Å². The number of halogens is 3. The number of benzene rings is 3. The van der Waals surface area contributed by atoms with Gasteiger partial charge >= 0.3 is 6.09 Å². The molecule has 1 unspecified atom stereocenters. The first-order valence-electron chi connectivity index (χ1n) is 13.5. The normalized spacial score (nSPS) is 19.5. The van der Waals surface area contributed by atoms with Gasteiger partial charge in [0, 0.05) is 42.8 Å². The van der Waals surface area contributed by atoms with E-state index in [0.717, 1.165) is 30.2 Å². The second-order valence-corrected chi connectivity index (χ2v) is 10.6. The highest BCUT2D eigenvalue weighted by molar-refractivity contribution is 6.34. The summed E-state index contributed by atoms with van der Waals surface area (Å²) in [6.07, 6.45) is 1.27. The highest BCUT2D eigenvalue weighted by Crippen LogP contribution is 2.50. The predicted molar refractivity (Wildman–Crippen MR) is 150 cm³/mol. The third-order valence-electron chi connectivity index (χ3n) is 7.43. The van der Waals surface area contributed by atoms with Crippen LogP contribution in [0.15, 0.2) is 48.5 Å². The molecule has 1 amide bonds. The Balaban J connectivity index is 1.52. The molecular formula is C31H29ClF2N2O6. The summed E-state index contributed by atoms with van der Waals surface area (Å²) >= 11 is 6.49. The zero-order chi connectivity index (χ0) is 29.9. The number of amides is 1. The van der Waals surface area contributed by atoms with Crippen molar-refractivity contribution < 1.29 is 37.6 Å². The van der Waals surface area contributed by atoms with Gasteiger partial charge in [-0.25, -0.2) is 13.6 Å². The van der Waals surface area contributed by atoms with Crippen molar-refractivity contribution in [3.8, 4) is 28.7 Å². The number of hydrogen-bond donors (Lipinski definition) is 1. The van der Waals surface area contributed by atoms with E-state index in [1.807, 2.05) is 6.07 Å². The van der Waals surface area contributed by atoms with E-state index in [9.17, 15) is 15.2 Å². The summed E-state index contributed by atoms with van der Waals surface area (Å²) in [6.45, 7) is 0.680. The molecule has 11 heteroatoms. The third-order valence-corrected chi connectivity index (χ3v) is 7.80. The van der Waals surface area contributed by atoms with E-state index in [-0.39, 0.29) is 60.7 Å². The maximum atomic E-state index is 16.1. The van der Waals surface area contributed by atoms with E-state index in [0.29, 0.717) is 17.7 Å². The van der Waals surface area contributed by atoms with Crippen molar-refractivity contribution >= 4 is 17.7 Å². The molecule has 2 heterocycles. The first-order chi connectivity index (χ1) is 20.2. The Kier molecular flexibility index (Phi) is 8.82. The van der Waals surface area contributed by atoms with E-state index in [4.69, 9.17) is 30.5 Å². The molecule has 1 saturated heterocycles. The molecule has 1 fully saturated rings. The van der Waals surface area contributed by atoms with Gasteiger partial charge in [-0.15, -0.1) is 0 Å². The molecule has 1 N–H and O–H groups in total. The Labute approximate surface area is 246 Å². The number of fused-ring (bicyclic) bond motifs is 1.